The number of fused-ring (bicyclic) bond motifs is 11. The lowest BCUT2D eigenvalue weighted by Crippen LogP contribution is -1.88. The van der Waals surface area contributed by atoms with E-state index in [1.165, 1.54) is 79.1 Å². The molecule has 208 valence electrons. The third-order valence-corrected chi connectivity index (χ3v) is 11.8. The highest BCUT2D eigenvalue weighted by Gasteiger charge is 2.20. The van der Waals surface area contributed by atoms with Gasteiger partial charge in [0.1, 0.15) is 6.33 Å². The standard InChI is InChI=1S/C40H21N3S2/c1-2-9-24-23(8-1)25-10-3-5-13-30(25)43-31-18-16-22(37-40-38(42-21-41-37)28-11-4-6-14-32(28)45-40)20-29(31)27-17-19-34-36(39(27)43)35-26(24)12-7-15-33(35)44-34/h1-21H. The Morgan fingerprint density at radius 1 is 0.467 bits per heavy atom. The van der Waals surface area contributed by atoms with Gasteiger partial charge in [0.25, 0.3) is 0 Å². The molecule has 0 aliphatic carbocycles. The zero-order valence-corrected chi connectivity index (χ0v) is 25.4. The Hall–Kier alpha value is -5.36. The van der Waals surface area contributed by atoms with Crippen molar-refractivity contribution < 1.29 is 0 Å². The van der Waals surface area contributed by atoms with E-state index in [1.807, 2.05) is 11.3 Å². The Balaban J connectivity index is 1.38. The summed E-state index contributed by atoms with van der Waals surface area (Å²) in [6.07, 6.45) is 1.71. The molecule has 0 bridgehead atoms. The molecule has 0 amide bonds. The van der Waals surface area contributed by atoms with Crippen LogP contribution >= 0.6 is 22.7 Å². The number of nitrogens with zero attached hydrogens (tertiary/aromatic N) is 3. The highest BCUT2D eigenvalue weighted by molar-refractivity contribution is 7.26. The van der Waals surface area contributed by atoms with Crippen LogP contribution in [0.1, 0.15) is 0 Å². The van der Waals surface area contributed by atoms with Crippen LogP contribution in [0.15, 0.2) is 128 Å². The first-order chi connectivity index (χ1) is 22.3. The van der Waals surface area contributed by atoms with Gasteiger partial charge in [-0.15, -0.1) is 22.7 Å². The summed E-state index contributed by atoms with van der Waals surface area (Å²) in [5.74, 6) is 0. The molecule has 0 unspecified atom stereocenters. The minimum Gasteiger partial charge on any atom is -0.308 e. The molecule has 3 nitrogen and oxygen atoms in total. The van der Waals surface area contributed by atoms with Crippen LogP contribution in [-0.2, 0) is 0 Å². The number of thiophene rings is 2. The fourth-order valence-electron chi connectivity index (χ4n) is 7.61. The Labute approximate surface area is 264 Å². The van der Waals surface area contributed by atoms with Gasteiger partial charge in [-0.1, -0.05) is 84.9 Å². The predicted octanol–water partition coefficient (Wildman–Crippen LogP) is 11.7. The average molecular weight is 608 g/mol. The highest BCUT2D eigenvalue weighted by Crippen LogP contribution is 2.46. The van der Waals surface area contributed by atoms with E-state index in [2.05, 4.69) is 126 Å². The lowest BCUT2D eigenvalue weighted by molar-refractivity contribution is 1.24. The van der Waals surface area contributed by atoms with E-state index in [0.29, 0.717) is 0 Å². The van der Waals surface area contributed by atoms with Crippen LogP contribution in [0, 0.1) is 0 Å². The number of aromatic nitrogens is 3. The van der Waals surface area contributed by atoms with Gasteiger partial charge in [0, 0.05) is 52.0 Å². The fraction of sp³-hybridized carbons (Fsp3) is 0. The van der Waals surface area contributed by atoms with E-state index in [-0.39, 0.29) is 0 Å². The zero-order valence-electron chi connectivity index (χ0n) is 23.8. The first kappa shape index (κ1) is 24.0. The monoisotopic (exact) mass is 607 g/mol. The molecule has 0 radical (unpaired) electrons. The van der Waals surface area contributed by atoms with Crippen molar-refractivity contribution in [2.45, 2.75) is 0 Å². The predicted molar refractivity (Wildman–Crippen MR) is 194 cm³/mol. The molecule has 6 aromatic carbocycles. The lowest BCUT2D eigenvalue weighted by atomic mass is 10.0. The Bertz CT molecular complexity index is 3040. The van der Waals surface area contributed by atoms with Gasteiger partial charge in [-0.05, 0) is 52.6 Å². The van der Waals surface area contributed by atoms with Crippen LogP contribution in [-0.4, -0.2) is 14.4 Å². The maximum atomic E-state index is 4.86. The molecule has 0 aliphatic heterocycles. The van der Waals surface area contributed by atoms with Gasteiger partial charge in [-0.2, -0.15) is 0 Å². The minimum absolute atomic E-state index is 0.990. The number of benzene rings is 6. The van der Waals surface area contributed by atoms with E-state index in [0.717, 1.165) is 21.5 Å². The first-order valence-corrected chi connectivity index (χ1v) is 16.7. The fourth-order valence-corrected chi connectivity index (χ4v) is 9.91. The van der Waals surface area contributed by atoms with Crippen LogP contribution in [0.2, 0.25) is 0 Å². The molecule has 45 heavy (non-hydrogen) atoms. The van der Waals surface area contributed by atoms with Gasteiger partial charge < -0.3 is 4.40 Å². The number of rotatable bonds is 1. The summed E-state index contributed by atoms with van der Waals surface area (Å²) in [5, 5.41) is 11.4. The van der Waals surface area contributed by atoms with Crippen LogP contribution in [0.4, 0.5) is 0 Å². The SMILES string of the molecule is c1ccc2c(c1)sc1c(-c3ccc4c(c3)c3ccc5sc6cccc7c8ccccc8c8ccccc8n4c3c5c67)ncnc12. The Kier molecular flexibility index (Phi) is 4.61. The molecule has 0 atom stereocenters. The molecule has 11 aromatic rings. The molecule has 5 aromatic heterocycles. The van der Waals surface area contributed by atoms with Crippen molar-refractivity contribution in [3.05, 3.63) is 128 Å². The summed E-state index contributed by atoms with van der Waals surface area (Å²) in [5.41, 5.74) is 6.80. The second-order valence-electron chi connectivity index (χ2n) is 11.7. The third kappa shape index (κ3) is 3.09. The van der Waals surface area contributed by atoms with E-state index >= 15 is 0 Å². The summed E-state index contributed by atoms with van der Waals surface area (Å²) in [6.45, 7) is 0. The van der Waals surface area contributed by atoms with Crippen LogP contribution < -0.4 is 0 Å². The van der Waals surface area contributed by atoms with Gasteiger partial charge in [0.05, 0.1) is 32.5 Å². The number of hydrogen-bond acceptors (Lipinski definition) is 4. The van der Waals surface area contributed by atoms with Crippen LogP contribution in [0.25, 0.3) is 101 Å². The molecule has 0 fully saturated rings. The summed E-state index contributed by atoms with van der Waals surface area (Å²) < 4.78 is 7.52. The summed E-state index contributed by atoms with van der Waals surface area (Å²) in [7, 11) is 0. The largest absolute Gasteiger partial charge is 0.308 e. The highest BCUT2D eigenvalue weighted by atomic mass is 32.1. The normalized spacial score (nSPS) is 12.4. The second kappa shape index (κ2) is 8.63. The summed E-state index contributed by atoms with van der Waals surface area (Å²) in [6, 6.07) is 44.6. The minimum atomic E-state index is 0.990. The van der Waals surface area contributed by atoms with Crippen molar-refractivity contribution in [3.8, 4) is 11.3 Å². The molecule has 5 heteroatoms. The Morgan fingerprint density at radius 2 is 1.18 bits per heavy atom. The molecule has 0 N–H and O–H groups in total. The van der Waals surface area contributed by atoms with Crippen molar-refractivity contribution >= 4 is 112 Å². The van der Waals surface area contributed by atoms with E-state index in [9.17, 15) is 0 Å². The van der Waals surface area contributed by atoms with Crippen LogP contribution in [0.5, 0.6) is 0 Å². The molecular weight excluding hydrogens is 587 g/mol. The maximum absolute atomic E-state index is 4.86. The van der Waals surface area contributed by atoms with Gasteiger partial charge in [0.2, 0.25) is 0 Å². The number of para-hydroxylation sites is 1. The second-order valence-corrected chi connectivity index (χ2v) is 13.9. The smallest absolute Gasteiger partial charge is 0.116 e. The maximum Gasteiger partial charge on any atom is 0.116 e. The zero-order chi connectivity index (χ0) is 29.2. The van der Waals surface area contributed by atoms with Crippen molar-refractivity contribution in [2.24, 2.45) is 0 Å². The van der Waals surface area contributed by atoms with Gasteiger partial charge in [0.15, 0.2) is 0 Å². The molecule has 0 saturated heterocycles. The lowest BCUT2D eigenvalue weighted by Gasteiger charge is -2.05. The van der Waals surface area contributed by atoms with Gasteiger partial charge in [-0.3, -0.25) is 0 Å². The van der Waals surface area contributed by atoms with Gasteiger partial charge in [-0.25, -0.2) is 9.97 Å². The first-order valence-electron chi connectivity index (χ1n) is 15.1. The molecule has 0 spiro atoms. The van der Waals surface area contributed by atoms with E-state index in [4.69, 9.17) is 9.97 Å². The molecule has 0 aliphatic rings. The quantitative estimate of drug-likeness (QED) is 0.186. The van der Waals surface area contributed by atoms with Crippen molar-refractivity contribution in [1.29, 1.82) is 0 Å². The molecular formula is C40H21N3S2. The van der Waals surface area contributed by atoms with E-state index in [1.54, 1.807) is 17.7 Å². The van der Waals surface area contributed by atoms with Gasteiger partial charge >= 0.3 is 0 Å². The van der Waals surface area contributed by atoms with Crippen molar-refractivity contribution in [2.75, 3.05) is 0 Å². The van der Waals surface area contributed by atoms with Crippen molar-refractivity contribution in [1.82, 2.24) is 14.4 Å². The third-order valence-electron chi connectivity index (χ3n) is 9.47. The summed E-state index contributed by atoms with van der Waals surface area (Å²) >= 11 is 3.66. The van der Waals surface area contributed by atoms with E-state index < -0.39 is 0 Å². The van der Waals surface area contributed by atoms with Crippen LogP contribution in [0.3, 0.4) is 0 Å². The Morgan fingerprint density at radius 3 is 2.09 bits per heavy atom. The number of hydrogen-bond donors (Lipinski definition) is 0. The topological polar surface area (TPSA) is 30.2 Å². The molecule has 5 heterocycles. The summed E-state index contributed by atoms with van der Waals surface area (Å²) in [4.78, 5) is 9.57. The molecule has 0 saturated carbocycles. The average Bonchev–Trinajstić information content (AvgIpc) is 3.77. The van der Waals surface area contributed by atoms with Crippen molar-refractivity contribution in [3.63, 3.8) is 0 Å². The molecule has 11 rings (SSSR count).